The van der Waals surface area contributed by atoms with Gasteiger partial charge in [-0.1, -0.05) is 173 Å². The predicted molar refractivity (Wildman–Crippen MR) is 414 cm³/mol. The zero-order valence-electron chi connectivity index (χ0n) is 64.8. The summed E-state index contributed by atoms with van der Waals surface area (Å²) in [5.74, 6) is 2.52. The van der Waals surface area contributed by atoms with Crippen molar-refractivity contribution in [2.24, 2.45) is 55.8 Å². The fourth-order valence-corrected chi connectivity index (χ4v) is 10.5. The number of carbonyl (C=O) groups excluding carboxylic acids is 3. The first-order chi connectivity index (χ1) is 45.8. The molecule has 1 aliphatic carbocycles. The summed E-state index contributed by atoms with van der Waals surface area (Å²) in [5.41, 5.74) is 17.9. The maximum Gasteiger partial charge on any atom is 0.325 e. The second kappa shape index (κ2) is 40.1. The first-order valence-corrected chi connectivity index (χ1v) is 36.4. The van der Waals surface area contributed by atoms with Gasteiger partial charge in [-0.3, -0.25) is 19.8 Å². The number of allylic oxidation sites excluding steroid dienone is 1. The van der Waals surface area contributed by atoms with E-state index in [0.29, 0.717) is 49.4 Å². The van der Waals surface area contributed by atoms with Crippen LogP contribution in [0, 0.1) is 50.7 Å². The summed E-state index contributed by atoms with van der Waals surface area (Å²) >= 11 is 0. The average Bonchev–Trinajstić information content (AvgIpc) is 0.796. The van der Waals surface area contributed by atoms with Crippen LogP contribution in [0.4, 0.5) is 22.7 Å². The van der Waals surface area contributed by atoms with Crippen LogP contribution in [0.1, 0.15) is 232 Å². The highest BCUT2D eigenvalue weighted by Gasteiger charge is 2.30. The van der Waals surface area contributed by atoms with Gasteiger partial charge in [-0.05, 0) is 231 Å². The molecule has 1 fully saturated rings. The van der Waals surface area contributed by atoms with E-state index in [9.17, 15) is 14.4 Å². The smallest absolute Gasteiger partial charge is 0.325 e. The Balaban J connectivity index is 0.000000305. The van der Waals surface area contributed by atoms with Gasteiger partial charge >= 0.3 is 17.9 Å². The maximum absolute atomic E-state index is 12.7. The van der Waals surface area contributed by atoms with Gasteiger partial charge in [0.05, 0.1) is 17.7 Å². The molecule has 1 aliphatic heterocycles. The number of fused-ring (bicyclic) bond motifs is 1. The molecule has 1 heterocycles. The summed E-state index contributed by atoms with van der Waals surface area (Å²) < 4.78 is 22.5. The molecule has 2 atom stereocenters. The molecule has 0 aromatic heterocycles. The van der Waals surface area contributed by atoms with Crippen LogP contribution in [0.3, 0.4) is 0 Å². The van der Waals surface area contributed by atoms with Crippen LogP contribution in [-0.2, 0) is 54.6 Å². The van der Waals surface area contributed by atoms with Crippen molar-refractivity contribution in [1.82, 2.24) is 5.43 Å². The van der Waals surface area contributed by atoms with E-state index in [1.807, 2.05) is 81.4 Å². The molecule has 5 N–H and O–H groups in total. The number of carbonyl (C=O) groups is 3. The number of esters is 3. The third-order valence-corrected chi connectivity index (χ3v) is 16.2. The Labute approximate surface area is 594 Å². The first kappa shape index (κ1) is 83.1. The van der Waals surface area contributed by atoms with Crippen molar-refractivity contribution >= 4 is 52.1 Å². The lowest BCUT2D eigenvalue weighted by atomic mass is 9.80. The van der Waals surface area contributed by atoms with Gasteiger partial charge in [0.15, 0.2) is 0 Å². The second-order valence-electron chi connectivity index (χ2n) is 34.1. The number of rotatable bonds is 25. The van der Waals surface area contributed by atoms with E-state index in [4.69, 9.17) is 18.9 Å². The molecule has 1 saturated carbocycles. The molecule has 5 aromatic carbocycles. The van der Waals surface area contributed by atoms with Gasteiger partial charge < -0.3 is 40.2 Å². The van der Waals surface area contributed by atoms with E-state index < -0.39 is 5.41 Å². The molecule has 7 rings (SSSR count). The fraction of sp³-hybridized carbons (Fsp3) is 0.576. The first-order valence-electron chi connectivity index (χ1n) is 36.4. The van der Waals surface area contributed by atoms with Crippen molar-refractivity contribution in [1.29, 1.82) is 0 Å². The second-order valence-corrected chi connectivity index (χ2v) is 34.1. The third-order valence-electron chi connectivity index (χ3n) is 16.2. The van der Waals surface area contributed by atoms with E-state index in [0.717, 1.165) is 128 Å². The Hall–Kier alpha value is -7.28. The molecule has 542 valence electrons. The molecule has 98 heavy (non-hydrogen) atoms. The molecule has 0 spiro atoms. The van der Waals surface area contributed by atoms with Gasteiger partial charge in [0.25, 0.3) is 0 Å². The Bertz CT molecular complexity index is 3190. The van der Waals surface area contributed by atoms with Gasteiger partial charge in [-0.15, -0.1) is 0 Å². The van der Waals surface area contributed by atoms with Crippen molar-refractivity contribution in [3.8, 4) is 5.75 Å². The van der Waals surface area contributed by atoms with Crippen molar-refractivity contribution in [2.45, 2.75) is 236 Å². The molecule has 13 heteroatoms. The SMILES string of the molecule is CC(C)(C)CNc1ccc(COC(=O)C(C)(C)C)cc1.CC(C)CCC(=O)OCc1ccc(NCC(C)C)cc1.CC(C)CNc1ccc(CC(C)(C)C)cc1.CC1=NNC(c2ccc(OCCC(C)(C)C)cc2)=C2CCCC(OC(=O)CNc3ccc(CC(C)(C)C)cc3)CCC12. The van der Waals surface area contributed by atoms with Gasteiger partial charge in [0.2, 0.25) is 0 Å². The minimum Gasteiger partial charge on any atom is -0.494 e. The van der Waals surface area contributed by atoms with Crippen molar-refractivity contribution in [2.75, 3.05) is 54.1 Å². The lowest BCUT2D eigenvalue weighted by Gasteiger charge is -2.32. The number of hydrazone groups is 1. The van der Waals surface area contributed by atoms with Crippen LogP contribution in [-0.4, -0.2) is 62.5 Å². The summed E-state index contributed by atoms with van der Waals surface area (Å²) in [4.78, 5) is 35.9. The molecular formula is C85H130N6O7. The Kier molecular flexibility index (Phi) is 34.0. The lowest BCUT2D eigenvalue weighted by molar-refractivity contribution is -0.154. The molecule has 13 nitrogen and oxygen atoms in total. The van der Waals surface area contributed by atoms with Crippen molar-refractivity contribution in [3.05, 3.63) is 155 Å². The molecule has 5 aromatic rings. The van der Waals surface area contributed by atoms with Crippen molar-refractivity contribution < 1.29 is 33.3 Å². The third kappa shape index (κ3) is 36.0. The predicted octanol–water partition coefficient (Wildman–Crippen LogP) is 21.2. The number of hydrogen-bond donors (Lipinski definition) is 5. The molecule has 0 radical (unpaired) electrons. The topological polar surface area (TPSA) is 161 Å². The van der Waals surface area contributed by atoms with Gasteiger partial charge in [0.1, 0.15) is 31.6 Å². The summed E-state index contributed by atoms with van der Waals surface area (Å²) in [5, 5.41) is 18.1. The van der Waals surface area contributed by atoms with Crippen LogP contribution in [0.2, 0.25) is 0 Å². The summed E-state index contributed by atoms with van der Waals surface area (Å²) in [7, 11) is 0. The number of ether oxygens (including phenoxy) is 4. The number of anilines is 4. The van der Waals surface area contributed by atoms with E-state index in [1.165, 1.54) is 22.4 Å². The van der Waals surface area contributed by atoms with Gasteiger partial charge in [-0.2, -0.15) is 5.10 Å². The van der Waals surface area contributed by atoms with E-state index in [-0.39, 0.29) is 52.7 Å². The average molecular weight is 1350 g/mol. The summed E-state index contributed by atoms with van der Waals surface area (Å²) in [6, 6.07) is 41.6. The molecule has 0 amide bonds. The zero-order chi connectivity index (χ0) is 72.9. The molecule has 2 aliphatic rings. The Morgan fingerprint density at radius 3 is 1.44 bits per heavy atom. The minimum absolute atomic E-state index is 0.0642. The highest BCUT2D eigenvalue weighted by Crippen LogP contribution is 2.37. The van der Waals surface area contributed by atoms with E-state index in [1.54, 1.807) is 0 Å². The molecule has 0 saturated heterocycles. The van der Waals surface area contributed by atoms with Crippen molar-refractivity contribution in [3.63, 3.8) is 0 Å². The minimum atomic E-state index is -0.450. The fourth-order valence-electron chi connectivity index (χ4n) is 10.5. The monoisotopic (exact) mass is 1350 g/mol. The zero-order valence-corrected chi connectivity index (χ0v) is 64.8. The van der Waals surface area contributed by atoms with E-state index >= 15 is 0 Å². The normalized spacial score (nSPS) is 15.0. The number of benzene rings is 5. The highest BCUT2D eigenvalue weighted by atomic mass is 16.5. The Morgan fingerprint density at radius 1 is 0.520 bits per heavy atom. The number of nitrogens with zero attached hydrogens (tertiary/aromatic N) is 1. The standard InChI is InChI=1S/C36H51N3O3.2C17H27NO2.C15H25N/c1-25-31-20-19-30(42-33(40)24-37-28-15-11-26(12-16-28)23-36(5,6)7)9-8-10-32(31)34(39-38-25)27-13-17-29(18-14-27)41-22-21-35(2,3)4;1-16(2,3)12-18-14-9-7-13(8-10-14)11-20-15(19)17(4,5)6;1-13(2)5-10-17(19)20-12-15-6-8-16(9-7-15)18-11-14(3)4;1-12(2)11-16-14-8-6-13(7-9-14)10-15(3,4)5/h11-18,30-31,37,39H,8-10,19-24H2,1-7H3;7-10,18H,11-12H2,1-6H3;6-9,13-14,18H,5,10-12H2,1-4H3;6-9,12,16H,10-11H2,1-5H3. The maximum atomic E-state index is 12.7. The van der Waals surface area contributed by atoms with Gasteiger partial charge in [0, 0.05) is 60.4 Å². The molecule has 2 unspecified atom stereocenters. The highest BCUT2D eigenvalue weighted by molar-refractivity contribution is 5.91. The lowest BCUT2D eigenvalue weighted by Crippen LogP contribution is -2.31. The van der Waals surface area contributed by atoms with Crippen LogP contribution >= 0.6 is 0 Å². The number of hydrogen-bond acceptors (Lipinski definition) is 13. The van der Waals surface area contributed by atoms with Crippen LogP contribution in [0.25, 0.3) is 5.70 Å². The van der Waals surface area contributed by atoms with Gasteiger partial charge in [-0.25, -0.2) is 0 Å². The van der Waals surface area contributed by atoms with Crippen LogP contribution in [0.5, 0.6) is 5.75 Å². The quantitative estimate of drug-likeness (QED) is 0.0278. The van der Waals surface area contributed by atoms with Crippen LogP contribution in [0.15, 0.2) is 132 Å². The van der Waals surface area contributed by atoms with E-state index in [2.05, 4.69) is 224 Å². The summed E-state index contributed by atoms with van der Waals surface area (Å²) in [6.07, 6.45) is 9.05. The number of nitrogens with one attached hydrogen (secondary N) is 5. The largest absolute Gasteiger partial charge is 0.494 e. The molecular weight excluding hydrogens is 1220 g/mol. The van der Waals surface area contributed by atoms with Crippen LogP contribution < -0.4 is 31.4 Å². The Morgan fingerprint density at radius 2 is 0.990 bits per heavy atom. The summed E-state index contributed by atoms with van der Waals surface area (Å²) in [6.45, 7) is 52.0. The molecule has 0 bridgehead atoms.